The molecular weight excluding hydrogens is 368 g/mol. The van der Waals surface area contributed by atoms with Gasteiger partial charge >= 0.3 is 5.97 Å². The van der Waals surface area contributed by atoms with Crippen LogP contribution in [0.5, 0.6) is 0 Å². The second-order valence-electron chi connectivity index (χ2n) is 6.18. The zero-order chi connectivity index (χ0) is 20.7. The quantitative estimate of drug-likeness (QED) is 0.554. The Hall–Kier alpha value is -3.09. The fraction of sp³-hybridized carbons (Fsp3) is 0.286. The van der Waals surface area contributed by atoms with E-state index >= 15 is 0 Å². The number of nitrogens with one attached hydrogen (secondary N) is 1. The fourth-order valence-corrected chi connectivity index (χ4v) is 2.50. The third kappa shape index (κ3) is 5.70. The third-order valence-corrected chi connectivity index (χ3v) is 4.11. The Bertz CT molecular complexity index is 865. The maximum absolute atomic E-state index is 13.5. The summed E-state index contributed by atoms with van der Waals surface area (Å²) in [6, 6.07) is 9.63. The smallest absolute Gasteiger partial charge is 0.308 e. The molecule has 0 aliphatic heterocycles. The summed E-state index contributed by atoms with van der Waals surface area (Å²) >= 11 is 0. The molecule has 0 heterocycles. The van der Waals surface area contributed by atoms with Gasteiger partial charge in [0, 0.05) is 18.2 Å². The molecule has 148 valence electrons. The number of Topliss-reactive ketones (excluding diaryl/α,β-unsaturated/α-hetero) is 1. The first kappa shape index (κ1) is 21.2. The van der Waals surface area contributed by atoms with E-state index in [2.05, 4.69) is 5.32 Å². The van der Waals surface area contributed by atoms with Crippen molar-refractivity contribution in [1.29, 1.82) is 0 Å². The van der Waals surface area contributed by atoms with Crippen LogP contribution < -0.4 is 5.32 Å². The van der Waals surface area contributed by atoms with Crippen LogP contribution in [0.3, 0.4) is 0 Å². The minimum absolute atomic E-state index is 0.111. The molecule has 0 spiro atoms. The molecule has 1 N–H and O–H groups in total. The summed E-state index contributed by atoms with van der Waals surface area (Å²) < 4.78 is 31.5. The number of ether oxygens (including phenoxy) is 1. The molecule has 0 fully saturated rings. The molecule has 1 amide bonds. The minimum atomic E-state index is -0.992. The zero-order valence-electron chi connectivity index (χ0n) is 15.6. The van der Waals surface area contributed by atoms with E-state index in [0.717, 1.165) is 24.1 Å². The van der Waals surface area contributed by atoms with E-state index in [4.69, 9.17) is 4.74 Å². The molecule has 2 rings (SSSR count). The van der Waals surface area contributed by atoms with E-state index in [-0.39, 0.29) is 24.3 Å². The van der Waals surface area contributed by atoms with Gasteiger partial charge in [0.05, 0.1) is 12.0 Å². The van der Waals surface area contributed by atoms with Crippen LogP contribution in [0.2, 0.25) is 0 Å². The van der Waals surface area contributed by atoms with E-state index in [0.29, 0.717) is 11.6 Å². The Kier molecular flexibility index (Phi) is 7.37. The summed E-state index contributed by atoms with van der Waals surface area (Å²) in [6.45, 7) is 3.37. The molecule has 0 aromatic heterocycles. The van der Waals surface area contributed by atoms with Gasteiger partial charge in [-0.3, -0.25) is 14.4 Å². The van der Waals surface area contributed by atoms with Crippen molar-refractivity contribution in [2.24, 2.45) is 0 Å². The Labute approximate surface area is 161 Å². The Balaban J connectivity index is 1.81. The number of carbonyl (C=O) groups excluding carboxylic acids is 3. The second-order valence-corrected chi connectivity index (χ2v) is 6.18. The number of hydrogen-bond acceptors (Lipinski definition) is 4. The molecular formula is C21H21F2NO4. The molecule has 0 aliphatic carbocycles. The number of ketones is 1. The van der Waals surface area contributed by atoms with Crippen molar-refractivity contribution >= 4 is 17.7 Å². The molecule has 1 unspecified atom stereocenters. The molecule has 2 aromatic carbocycles. The SMILES string of the molecule is CCc1ccc(C(=O)C(C)OC(=O)CCNC(=O)c2ccc(F)cc2F)cc1. The van der Waals surface area contributed by atoms with Gasteiger partial charge in [-0.15, -0.1) is 0 Å². The number of hydrogen-bond donors (Lipinski definition) is 1. The highest BCUT2D eigenvalue weighted by Gasteiger charge is 2.20. The first-order valence-electron chi connectivity index (χ1n) is 8.87. The van der Waals surface area contributed by atoms with Crippen LogP contribution in [0.1, 0.15) is 46.5 Å². The molecule has 2 aromatic rings. The molecule has 0 saturated heterocycles. The minimum Gasteiger partial charge on any atom is -0.454 e. The number of esters is 1. The average Bonchev–Trinajstić information content (AvgIpc) is 2.67. The first-order chi connectivity index (χ1) is 13.3. The van der Waals surface area contributed by atoms with Crippen LogP contribution in [0.4, 0.5) is 8.78 Å². The van der Waals surface area contributed by atoms with Gasteiger partial charge < -0.3 is 10.1 Å². The van der Waals surface area contributed by atoms with Crippen molar-refractivity contribution in [2.75, 3.05) is 6.54 Å². The number of amides is 1. The van der Waals surface area contributed by atoms with Gasteiger partial charge in [-0.1, -0.05) is 31.2 Å². The summed E-state index contributed by atoms with van der Waals surface area (Å²) in [6.07, 6.45) is -0.307. The fourth-order valence-electron chi connectivity index (χ4n) is 2.50. The van der Waals surface area contributed by atoms with E-state index in [1.165, 1.54) is 6.92 Å². The lowest BCUT2D eigenvalue weighted by Crippen LogP contribution is -2.29. The summed E-state index contributed by atoms with van der Waals surface area (Å²) in [5.74, 6) is -3.56. The molecule has 0 aliphatic rings. The topological polar surface area (TPSA) is 72.5 Å². The van der Waals surface area contributed by atoms with Crippen LogP contribution >= 0.6 is 0 Å². The lowest BCUT2D eigenvalue weighted by molar-refractivity contribution is -0.146. The van der Waals surface area contributed by atoms with Crippen molar-refractivity contribution < 1.29 is 27.9 Å². The summed E-state index contributed by atoms with van der Waals surface area (Å²) in [4.78, 5) is 36.0. The van der Waals surface area contributed by atoms with E-state index in [9.17, 15) is 23.2 Å². The number of halogens is 2. The number of rotatable bonds is 8. The Morgan fingerprint density at radius 1 is 1.07 bits per heavy atom. The van der Waals surface area contributed by atoms with Crippen molar-refractivity contribution in [3.8, 4) is 0 Å². The molecule has 0 bridgehead atoms. The highest BCUT2D eigenvalue weighted by atomic mass is 19.1. The lowest BCUT2D eigenvalue weighted by atomic mass is 10.0. The number of benzene rings is 2. The van der Waals surface area contributed by atoms with Crippen LogP contribution in [0.25, 0.3) is 0 Å². The first-order valence-corrected chi connectivity index (χ1v) is 8.87. The summed E-state index contributed by atoms with van der Waals surface area (Å²) in [7, 11) is 0. The molecule has 0 saturated carbocycles. The van der Waals surface area contributed by atoms with Gasteiger partial charge in [-0.25, -0.2) is 8.78 Å². The zero-order valence-corrected chi connectivity index (χ0v) is 15.6. The largest absolute Gasteiger partial charge is 0.454 e. The van der Waals surface area contributed by atoms with Crippen molar-refractivity contribution in [3.05, 3.63) is 70.8 Å². The average molecular weight is 389 g/mol. The number of aryl methyl sites for hydroxylation is 1. The Morgan fingerprint density at radius 2 is 1.75 bits per heavy atom. The van der Waals surface area contributed by atoms with E-state index in [1.54, 1.807) is 12.1 Å². The molecule has 5 nitrogen and oxygen atoms in total. The number of carbonyl (C=O) groups is 3. The van der Waals surface area contributed by atoms with Crippen LogP contribution in [0.15, 0.2) is 42.5 Å². The summed E-state index contributed by atoms with van der Waals surface area (Å²) in [5.41, 5.74) is 1.21. The van der Waals surface area contributed by atoms with Crippen molar-refractivity contribution in [2.45, 2.75) is 32.8 Å². The van der Waals surface area contributed by atoms with Crippen LogP contribution in [-0.2, 0) is 16.0 Å². The summed E-state index contributed by atoms with van der Waals surface area (Å²) in [5, 5.41) is 2.35. The van der Waals surface area contributed by atoms with Gasteiger partial charge in [0.25, 0.3) is 5.91 Å². The standard InChI is InChI=1S/C21H21F2NO4/c1-3-14-4-6-15(7-5-14)20(26)13(2)28-19(25)10-11-24-21(27)17-9-8-16(22)12-18(17)23/h4-9,12-13H,3,10-11H2,1-2H3,(H,24,27). The van der Waals surface area contributed by atoms with Gasteiger partial charge in [-0.05, 0) is 31.0 Å². The van der Waals surface area contributed by atoms with Gasteiger partial charge in [-0.2, -0.15) is 0 Å². The van der Waals surface area contributed by atoms with E-state index in [1.807, 2.05) is 19.1 Å². The van der Waals surface area contributed by atoms with Gasteiger partial charge in [0.15, 0.2) is 6.10 Å². The molecule has 7 heteroatoms. The normalized spacial score (nSPS) is 11.6. The second kappa shape index (κ2) is 9.73. The molecule has 1 atom stereocenters. The Morgan fingerprint density at radius 3 is 2.36 bits per heavy atom. The highest BCUT2D eigenvalue weighted by molar-refractivity contribution is 6.00. The lowest BCUT2D eigenvalue weighted by Gasteiger charge is -2.13. The van der Waals surface area contributed by atoms with E-state index < -0.39 is 29.6 Å². The predicted molar refractivity (Wildman–Crippen MR) is 99.0 cm³/mol. The van der Waals surface area contributed by atoms with Gasteiger partial charge in [0.1, 0.15) is 11.6 Å². The maximum Gasteiger partial charge on any atom is 0.308 e. The van der Waals surface area contributed by atoms with Crippen LogP contribution in [-0.4, -0.2) is 30.3 Å². The monoisotopic (exact) mass is 389 g/mol. The molecule has 28 heavy (non-hydrogen) atoms. The van der Waals surface area contributed by atoms with Crippen molar-refractivity contribution in [3.63, 3.8) is 0 Å². The highest BCUT2D eigenvalue weighted by Crippen LogP contribution is 2.11. The third-order valence-electron chi connectivity index (χ3n) is 4.11. The van der Waals surface area contributed by atoms with Gasteiger partial charge in [0.2, 0.25) is 5.78 Å². The van der Waals surface area contributed by atoms with Crippen molar-refractivity contribution in [1.82, 2.24) is 5.32 Å². The predicted octanol–water partition coefficient (Wildman–Crippen LogP) is 3.46. The maximum atomic E-state index is 13.5. The molecule has 0 radical (unpaired) electrons. The van der Waals surface area contributed by atoms with Crippen LogP contribution in [0, 0.1) is 11.6 Å².